The molecule has 28 heavy (non-hydrogen) atoms. The van der Waals surface area contributed by atoms with E-state index in [9.17, 15) is 4.79 Å². The second-order valence-corrected chi connectivity index (χ2v) is 6.81. The van der Waals surface area contributed by atoms with Gasteiger partial charge in [-0.3, -0.25) is 4.79 Å². The molecule has 2 aliphatic rings. The first-order chi connectivity index (χ1) is 13.7. The van der Waals surface area contributed by atoms with Gasteiger partial charge in [0.1, 0.15) is 0 Å². The smallest absolute Gasteiger partial charge is 0.194 e. The minimum atomic E-state index is 0.0567. The summed E-state index contributed by atoms with van der Waals surface area (Å²) in [7, 11) is 2.00. The highest BCUT2D eigenvalue weighted by molar-refractivity contribution is 6.43. The fourth-order valence-corrected chi connectivity index (χ4v) is 3.23. The molecule has 0 saturated heterocycles. The van der Waals surface area contributed by atoms with Crippen molar-refractivity contribution in [2.45, 2.75) is 0 Å². The SMILES string of the molecule is CN1C=CC(=CC=C2C=C(c3ccccc3)C(=O)C(c3ccccc3)=C2)C=C1. The van der Waals surface area contributed by atoms with Gasteiger partial charge >= 0.3 is 0 Å². The van der Waals surface area contributed by atoms with Crippen molar-refractivity contribution in [1.29, 1.82) is 0 Å². The number of hydrogen-bond donors (Lipinski definition) is 0. The number of Topliss-reactive ketones (excluding diaryl/α,β-unsaturated/α-hetero) is 1. The molecule has 0 N–H and O–H groups in total. The van der Waals surface area contributed by atoms with Gasteiger partial charge in [-0.05, 0) is 46.6 Å². The maximum atomic E-state index is 13.2. The van der Waals surface area contributed by atoms with E-state index in [0.29, 0.717) is 0 Å². The fourth-order valence-electron chi connectivity index (χ4n) is 3.23. The number of carbonyl (C=O) groups is 1. The molecule has 0 atom stereocenters. The van der Waals surface area contributed by atoms with Crippen LogP contribution >= 0.6 is 0 Å². The molecule has 1 aliphatic carbocycles. The summed E-state index contributed by atoms with van der Waals surface area (Å²) in [5.74, 6) is 0.0567. The van der Waals surface area contributed by atoms with Gasteiger partial charge in [-0.2, -0.15) is 0 Å². The van der Waals surface area contributed by atoms with E-state index in [1.54, 1.807) is 0 Å². The van der Waals surface area contributed by atoms with Crippen molar-refractivity contribution in [2.75, 3.05) is 7.05 Å². The predicted octanol–water partition coefficient (Wildman–Crippen LogP) is 5.56. The molecule has 136 valence electrons. The Bertz CT molecular complexity index is 986. The van der Waals surface area contributed by atoms with Gasteiger partial charge in [-0.25, -0.2) is 0 Å². The van der Waals surface area contributed by atoms with Crippen LogP contribution in [-0.4, -0.2) is 17.7 Å². The van der Waals surface area contributed by atoms with Gasteiger partial charge in [-0.15, -0.1) is 0 Å². The average Bonchev–Trinajstić information content (AvgIpc) is 2.75. The zero-order chi connectivity index (χ0) is 19.3. The first-order valence-corrected chi connectivity index (χ1v) is 9.30. The fraction of sp³-hybridized carbons (Fsp3) is 0.0385. The lowest BCUT2D eigenvalue weighted by atomic mass is 9.86. The predicted molar refractivity (Wildman–Crippen MR) is 116 cm³/mol. The number of carbonyl (C=O) groups excluding carboxylic acids is 1. The van der Waals surface area contributed by atoms with Gasteiger partial charge in [0.05, 0.1) is 0 Å². The molecule has 1 aliphatic heterocycles. The van der Waals surface area contributed by atoms with Gasteiger partial charge in [-0.1, -0.05) is 72.8 Å². The Morgan fingerprint density at radius 3 is 1.64 bits per heavy atom. The lowest BCUT2D eigenvalue weighted by molar-refractivity contribution is -0.108. The Morgan fingerprint density at radius 1 is 0.679 bits per heavy atom. The summed E-state index contributed by atoms with van der Waals surface area (Å²) in [5, 5.41) is 0. The second kappa shape index (κ2) is 7.93. The standard InChI is InChI=1S/C26H21NO/c1-27-16-14-20(15-17-27)12-13-21-18-24(22-8-4-2-5-9-22)26(28)25(19-21)23-10-6-3-7-11-23/h2-19H,1H3. The number of allylic oxidation sites excluding steroid dienone is 10. The summed E-state index contributed by atoms with van der Waals surface area (Å²) in [6.45, 7) is 0. The lowest BCUT2D eigenvalue weighted by Crippen LogP contribution is -2.09. The van der Waals surface area contributed by atoms with Crippen molar-refractivity contribution in [3.05, 3.63) is 132 Å². The highest BCUT2D eigenvalue weighted by Gasteiger charge is 2.22. The molecule has 2 nitrogen and oxygen atoms in total. The normalized spacial score (nSPS) is 16.0. The Kier molecular flexibility index (Phi) is 5.03. The minimum absolute atomic E-state index is 0.0567. The van der Waals surface area contributed by atoms with Gasteiger partial charge in [0.2, 0.25) is 0 Å². The number of ketones is 1. The monoisotopic (exact) mass is 363 g/mol. The van der Waals surface area contributed by atoms with Crippen LogP contribution in [0.15, 0.2) is 121 Å². The topological polar surface area (TPSA) is 20.3 Å². The molecule has 2 aromatic carbocycles. The maximum absolute atomic E-state index is 13.2. The van der Waals surface area contributed by atoms with E-state index < -0.39 is 0 Å². The van der Waals surface area contributed by atoms with Gasteiger partial charge in [0.25, 0.3) is 0 Å². The zero-order valence-electron chi connectivity index (χ0n) is 15.7. The van der Waals surface area contributed by atoms with E-state index in [4.69, 9.17) is 0 Å². The van der Waals surface area contributed by atoms with Gasteiger partial charge in [0.15, 0.2) is 5.78 Å². The Morgan fingerprint density at radius 2 is 1.14 bits per heavy atom. The van der Waals surface area contributed by atoms with Crippen molar-refractivity contribution in [1.82, 2.24) is 4.90 Å². The van der Waals surface area contributed by atoms with Crippen LogP contribution < -0.4 is 0 Å². The summed E-state index contributed by atoms with van der Waals surface area (Å²) < 4.78 is 0. The molecule has 0 unspecified atom stereocenters. The van der Waals surface area contributed by atoms with E-state index in [-0.39, 0.29) is 5.78 Å². The highest BCUT2D eigenvalue weighted by Crippen LogP contribution is 2.32. The number of benzene rings is 2. The molecule has 0 radical (unpaired) electrons. The van der Waals surface area contributed by atoms with Crippen molar-refractivity contribution in [3.63, 3.8) is 0 Å². The van der Waals surface area contributed by atoms with Crippen LogP contribution in [0.5, 0.6) is 0 Å². The number of rotatable bonds is 3. The molecule has 2 heteroatoms. The van der Waals surface area contributed by atoms with Crippen molar-refractivity contribution < 1.29 is 4.79 Å². The van der Waals surface area contributed by atoms with E-state index in [2.05, 4.69) is 24.3 Å². The van der Waals surface area contributed by atoms with Crippen LogP contribution in [0.4, 0.5) is 0 Å². The number of nitrogens with zero attached hydrogens (tertiary/aromatic N) is 1. The molecule has 4 rings (SSSR count). The van der Waals surface area contributed by atoms with Crippen LogP contribution in [0.1, 0.15) is 11.1 Å². The van der Waals surface area contributed by atoms with Crippen LogP contribution in [0.2, 0.25) is 0 Å². The Hall–Kier alpha value is -3.65. The first kappa shape index (κ1) is 17.7. The maximum Gasteiger partial charge on any atom is 0.194 e. The molecule has 0 amide bonds. The average molecular weight is 363 g/mol. The third-order valence-electron chi connectivity index (χ3n) is 4.75. The third-order valence-corrected chi connectivity index (χ3v) is 4.75. The van der Waals surface area contributed by atoms with Crippen molar-refractivity contribution in [2.24, 2.45) is 0 Å². The summed E-state index contributed by atoms with van der Waals surface area (Å²) in [5.41, 5.74) is 5.44. The van der Waals surface area contributed by atoms with Gasteiger partial charge < -0.3 is 4.90 Å². The van der Waals surface area contributed by atoms with E-state index in [1.165, 1.54) is 0 Å². The minimum Gasteiger partial charge on any atom is -0.357 e. The molecular formula is C26H21NO. The molecule has 0 bridgehead atoms. The molecule has 0 spiro atoms. The summed E-state index contributed by atoms with van der Waals surface area (Å²) in [4.78, 5) is 15.2. The van der Waals surface area contributed by atoms with Crippen LogP contribution in [-0.2, 0) is 4.79 Å². The molecule has 1 heterocycles. The van der Waals surface area contributed by atoms with Crippen molar-refractivity contribution >= 4 is 16.9 Å². The van der Waals surface area contributed by atoms with Crippen LogP contribution in [0.25, 0.3) is 11.1 Å². The van der Waals surface area contributed by atoms with Gasteiger partial charge in [0, 0.05) is 30.6 Å². The Labute approximate surface area is 165 Å². The lowest BCUT2D eigenvalue weighted by Gasteiger charge is -2.16. The van der Waals surface area contributed by atoms with E-state index in [1.807, 2.05) is 97.2 Å². The highest BCUT2D eigenvalue weighted by atomic mass is 16.1. The third kappa shape index (κ3) is 3.86. The quantitative estimate of drug-likeness (QED) is 0.711. The largest absolute Gasteiger partial charge is 0.357 e. The molecular weight excluding hydrogens is 342 g/mol. The first-order valence-electron chi connectivity index (χ1n) is 9.30. The molecule has 0 fully saturated rings. The van der Waals surface area contributed by atoms with Crippen LogP contribution in [0, 0.1) is 0 Å². The zero-order valence-corrected chi connectivity index (χ0v) is 15.7. The van der Waals surface area contributed by atoms with Crippen molar-refractivity contribution in [3.8, 4) is 0 Å². The van der Waals surface area contributed by atoms with Crippen LogP contribution in [0.3, 0.4) is 0 Å². The Balaban J connectivity index is 1.77. The summed E-state index contributed by atoms with van der Waals surface area (Å²) in [6.07, 6.45) is 16.3. The second-order valence-electron chi connectivity index (χ2n) is 6.81. The molecule has 0 aromatic heterocycles. The number of hydrogen-bond acceptors (Lipinski definition) is 2. The summed E-state index contributed by atoms with van der Waals surface area (Å²) in [6, 6.07) is 19.7. The van der Waals surface area contributed by atoms with E-state index >= 15 is 0 Å². The molecule has 2 aromatic rings. The van der Waals surface area contributed by atoms with E-state index in [0.717, 1.165) is 33.4 Å². The molecule has 0 saturated carbocycles. The summed E-state index contributed by atoms with van der Waals surface area (Å²) >= 11 is 0.